The fraction of sp³-hybridized carbons (Fsp3) is 0.107. The molecule has 0 atom stereocenters. The number of carbonyl (C=O) groups excluding carboxylic acids is 1. The van der Waals surface area contributed by atoms with E-state index in [9.17, 15) is 9.18 Å². The van der Waals surface area contributed by atoms with E-state index in [-0.39, 0.29) is 18.3 Å². The van der Waals surface area contributed by atoms with Crippen molar-refractivity contribution in [1.82, 2.24) is 20.5 Å². The first-order valence-electron chi connectivity index (χ1n) is 11.3. The molecule has 5 rings (SSSR count). The number of hydrogen-bond donors (Lipinski definition) is 2. The molecule has 2 heterocycles. The van der Waals surface area contributed by atoms with Crippen molar-refractivity contribution in [3.05, 3.63) is 95.8 Å². The number of fused-ring (bicyclic) bond motifs is 1. The van der Waals surface area contributed by atoms with Gasteiger partial charge in [-0.25, -0.2) is 9.37 Å². The maximum Gasteiger partial charge on any atom is 0.252 e. The lowest BCUT2D eigenvalue weighted by atomic mass is 10.0. The minimum absolute atomic E-state index is 0.243. The van der Waals surface area contributed by atoms with Crippen molar-refractivity contribution < 1.29 is 18.7 Å². The van der Waals surface area contributed by atoms with Gasteiger partial charge in [-0.1, -0.05) is 42.5 Å². The summed E-state index contributed by atoms with van der Waals surface area (Å²) in [4.78, 5) is 18.2. The van der Waals surface area contributed by atoms with E-state index in [0.29, 0.717) is 39.5 Å². The van der Waals surface area contributed by atoms with Crippen LogP contribution >= 0.6 is 0 Å². The summed E-state index contributed by atoms with van der Waals surface area (Å²) >= 11 is 0. The number of rotatable bonds is 7. The van der Waals surface area contributed by atoms with Gasteiger partial charge >= 0.3 is 0 Å². The lowest BCUT2D eigenvalue weighted by molar-refractivity contribution is 0.0952. The molecule has 0 radical (unpaired) electrons. The third kappa shape index (κ3) is 4.48. The van der Waals surface area contributed by atoms with Crippen molar-refractivity contribution >= 4 is 16.9 Å². The van der Waals surface area contributed by atoms with Gasteiger partial charge in [0.25, 0.3) is 5.91 Å². The van der Waals surface area contributed by atoms with Gasteiger partial charge in [0.05, 0.1) is 36.6 Å². The zero-order valence-corrected chi connectivity index (χ0v) is 19.7. The van der Waals surface area contributed by atoms with Crippen LogP contribution in [0.25, 0.3) is 33.5 Å². The average Bonchev–Trinajstić information content (AvgIpc) is 3.36. The van der Waals surface area contributed by atoms with Gasteiger partial charge in [-0.2, -0.15) is 5.10 Å². The van der Waals surface area contributed by atoms with Gasteiger partial charge in [-0.3, -0.25) is 9.89 Å². The summed E-state index contributed by atoms with van der Waals surface area (Å²) in [6.45, 7) is 0.243. The molecule has 0 aliphatic carbocycles. The van der Waals surface area contributed by atoms with Gasteiger partial charge in [0.15, 0.2) is 17.1 Å². The van der Waals surface area contributed by atoms with Crippen LogP contribution in [-0.4, -0.2) is 35.3 Å². The number of aromatic amines is 1. The van der Waals surface area contributed by atoms with Gasteiger partial charge in [0.1, 0.15) is 5.82 Å². The van der Waals surface area contributed by atoms with Gasteiger partial charge in [-0.05, 0) is 42.0 Å². The molecule has 5 aromatic rings. The molecule has 0 spiro atoms. The molecule has 0 aliphatic heterocycles. The quantitative estimate of drug-likeness (QED) is 0.325. The molecule has 0 bridgehead atoms. The maximum absolute atomic E-state index is 13.5. The second kappa shape index (κ2) is 9.87. The highest BCUT2D eigenvalue weighted by molar-refractivity contribution is 6.11. The number of amides is 1. The van der Waals surface area contributed by atoms with Crippen LogP contribution in [0.3, 0.4) is 0 Å². The van der Waals surface area contributed by atoms with Crippen LogP contribution in [0.5, 0.6) is 11.5 Å². The molecular weight excluding hydrogens is 459 g/mol. The molecule has 0 fully saturated rings. The summed E-state index contributed by atoms with van der Waals surface area (Å²) < 4.78 is 24.1. The highest BCUT2D eigenvalue weighted by atomic mass is 19.1. The van der Waals surface area contributed by atoms with Crippen LogP contribution in [0.15, 0.2) is 78.9 Å². The lowest BCUT2D eigenvalue weighted by Gasteiger charge is -2.12. The summed E-state index contributed by atoms with van der Waals surface area (Å²) in [7, 11) is 3.13. The van der Waals surface area contributed by atoms with Crippen molar-refractivity contribution in [1.29, 1.82) is 0 Å². The normalized spacial score (nSPS) is 10.9. The molecule has 180 valence electrons. The Morgan fingerprint density at radius 2 is 1.67 bits per heavy atom. The van der Waals surface area contributed by atoms with Gasteiger partial charge < -0.3 is 14.8 Å². The highest BCUT2D eigenvalue weighted by Crippen LogP contribution is 2.35. The molecule has 36 heavy (non-hydrogen) atoms. The molecule has 0 aliphatic rings. The summed E-state index contributed by atoms with van der Waals surface area (Å²) in [5.74, 6) is 0.510. The highest BCUT2D eigenvalue weighted by Gasteiger charge is 2.21. The molecule has 0 saturated heterocycles. The Balaban J connectivity index is 1.61. The molecule has 1 amide bonds. The molecule has 7 nitrogen and oxygen atoms in total. The van der Waals surface area contributed by atoms with E-state index in [1.807, 2.05) is 36.4 Å². The number of halogens is 1. The number of H-pyrrole nitrogens is 1. The molecule has 2 N–H and O–H groups in total. The van der Waals surface area contributed by atoms with Crippen LogP contribution in [0.1, 0.15) is 15.9 Å². The monoisotopic (exact) mass is 482 g/mol. The summed E-state index contributed by atoms with van der Waals surface area (Å²) in [6, 6.07) is 22.8. The number of hydrogen-bond acceptors (Lipinski definition) is 5. The third-order valence-corrected chi connectivity index (χ3v) is 5.88. The minimum Gasteiger partial charge on any atom is -0.493 e. The fourth-order valence-corrected chi connectivity index (χ4v) is 4.04. The smallest absolute Gasteiger partial charge is 0.252 e. The summed E-state index contributed by atoms with van der Waals surface area (Å²) in [6.07, 6.45) is 0. The zero-order chi connectivity index (χ0) is 25.1. The number of carbonyl (C=O) groups is 1. The van der Waals surface area contributed by atoms with Crippen LogP contribution in [0.2, 0.25) is 0 Å². The Kier molecular flexibility index (Phi) is 6.32. The number of aromatic nitrogens is 3. The lowest BCUT2D eigenvalue weighted by Crippen LogP contribution is -2.23. The Morgan fingerprint density at radius 1 is 0.917 bits per heavy atom. The summed E-state index contributed by atoms with van der Waals surface area (Å²) in [5, 5.41) is 11.0. The number of ether oxygens (including phenoxy) is 2. The first kappa shape index (κ1) is 23.0. The SMILES string of the molecule is COc1ccc(-c2cc(C(=O)NCc3ccc(F)cc3)c3c(-c4ccccc4)[nH]nc3n2)cc1OC. The molecule has 0 unspecified atom stereocenters. The fourth-order valence-electron chi connectivity index (χ4n) is 4.04. The Hall–Kier alpha value is -4.72. The second-order valence-corrected chi connectivity index (χ2v) is 8.10. The van der Waals surface area contributed by atoms with Crippen LogP contribution < -0.4 is 14.8 Å². The van der Waals surface area contributed by atoms with Gasteiger partial charge in [0, 0.05) is 17.7 Å². The van der Waals surface area contributed by atoms with Crippen LogP contribution in [0.4, 0.5) is 4.39 Å². The van der Waals surface area contributed by atoms with E-state index in [1.165, 1.54) is 12.1 Å². The Bertz CT molecular complexity index is 1530. The minimum atomic E-state index is -0.327. The number of benzene rings is 3. The topological polar surface area (TPSA) is 89.1 Å². The van der Waals surface area contributed by atoms with Gasteiger partial charge in [-0.15, -0.1) is 0 Å². The Labute approximate surface area is 206 Å². The van der Waals surface area contributed by atoms with Crippen molar-refractivity contribution in [3.8, 4) is 34.0 Å². The number of methoxy groups -OCH3 is 2. The van der Waals surface area contributed by atoms with Crippen molar-refractivity contribution in [2.75, 3.05) is 14.2 Å². The standard InChI is InChI=1S/C28H23FN4O3/c1-35-23-13-10-19(14-24(23)36-2)22-15-21(28(34)30-16-17-8-11-20(29)12-9-17)25-26(32-33-27(25)31-22)18-6-4-3-5-7-18/h3-15H,16H2,1-2H3,(H,30,34)(H,31,32,33). The van der Waals surface area contributed by atoms with E-state index in [1.54, 1.807) is 44.6 Å². The average molecular weight is 483 g/mol. The Morgan fingerprint density at radius 3 is 2.39 bits per heavy atom. The first-order chi connectivity index (χ1) is 17.6. The first-order valence-corrected chi connectivity index (χ1v) is 11.3. The zero-order valence-electron chi connectivity index (χ0n) is 19.7. The van der Waals surface area contributed by atoms with E-state index in [0.717, 1.165) is 16.7 Å². The van der Waals surface area contributed by atoms with Crippen LogP contribution in [0, 0.1) is 5.82 Å². The summed E-state index contributed by atoms with van der Waals surface area (Å²) in [5.41, 5.74) is 4.49. The molecular formula is C28H23FN4O3. The van der Waals surface area contributed by atoms with E-state index in [2.05, 4.69) is 15.5 Å². The molecule has 8 heteroatoms. The number of nitrogens with zero attached hydrogens (tertiary/aromatic N) is 2. The molecule has 2 aromatic heterocycles. The van der Waals surface area contributed by atoms with Gasteiger partial charge in [0.2, 0.25) is 0 Å². The predicted molar refractivity (Wildman–Crippen MR) is 135 cm³/mol. The third-order valence-electron chi connectivity index (χ3n) is 5.88. The van der Waals surface area contributed by atoms with Crippen molar-refractivity contribution in [2.45, 2.75) is 6.54 Å². The predicted octanol–water partition coefficient (Wildman–Crippen LogP) is 5.38. The number of pyridine rings is 1. The van der Waals surface area contributed by atoms with Crippen molar-refractivity contribution in [3.63, 3.8) is 0 Å². The van der Waals surface area contributed by atoms with Crippen LogP contribution in [-0.2, 0) is 6.54 Å². The molecule has 3 aromatic carbocycles. The maximum atomic E-state index is 13.5. The largest absolute Gasteiger partial charge is 0.493 e. The van der Waals surface area contributed by atoms with E-state index < -0.39 is 0 Å². The van der Waals surface area contributed by atoms with Crippen molar-refractivity contribution in [2.24, 2.45) is 0 Å². The second-order valence-electron chi connectivity index (χ2n) is 8.10. The number of nitrogens with one attached hydrogen (secondary N) is 2. The van der Waals surface area contributed by atoms with E-state index >= 15 is 0 Å². The van der Waals surface area contributed by atoms with E-state index in [4.69, 9.17) is 14.5 Å². The molecule has 0 saturated carbocycles.